The average molecular weight is 402 g/mol. The van der Waals surface area contributed by atoms with Crippen molar-refractivity contribution in [3.8, 4) is 16.9 Å². The van der Waals surface area contributed by atoms with Crippen LogP contribution in [0.3, 0.4) is 0 Å². The highest BCUT2D eigenvalue weighted by Gasteiger charge is 2.17. The molecule has 0 saturated heterocycles. The molecule has 4 nitrogen and oxygen atoms in total. The number of H-pyrrole nitrogens is 1. The standard InChI is InChI=1S/C20H20BrNO3/c1-4-24-20(23)19-18(21)16-11-14(7-10-17(16)22-19)13-5-8-15(9-6-13)25-12(2)3/h5-12,22H,4H2,1-3H3. The molecule has 0 saturated carbocycles. The number of benzene rings is 2. The Kier molecular flexibility index (Phi) is 5.13. The van der Waals surface area contributed by atoms with E-state index in [1.807, 2.05) is 50.2 Å². The molecular formula is C20H20BrNO3. The molecule has 0 fully saturated rings. The number of carbonyl (C=O) groups excluding carboxylic acids is 1. The molecule has 5 heteroatoms. The molecule has 0 bridgehead atoms. The van der Waals surface area contributed by atoms with E-state index in [9.17, 15) is 4.79 Å². The summed E-state index contributed by atoms with van der Waals surface area (Å²) in [5.41, 5.74) is 3.48. The van der Waals surface area contributed by atoms with E-state index in [4.69, 9.17) is 9.47 Å². The van der Waals surface area contributed by atoms with E-state index >= 15 is 0 Å². The predicted molar refractivity (Wildman–Crippen MR) is 103 cm³/mol. The zero-order valence-electron chi connectivity index (χ0n) is 14.4. The largest absolute Gasteiger partial charge is 0.491 e. The average Bonchev–Trinajstić information content (AvgIpc) is 2.92. The molecule has 25 heavy (non-hydrogen) atoms. The fraction of sp³-hybridized carbons (Fsp3) is 0.250. The van der Waals surface area contributed by atoms with Crippen molar-refractivity contribution >= 4 is 32.8 Å². The number of halogens is 1. The van der Waals surface area contributed by atoms with Gasteiger partial charge in [-0.2, -0.15) is 0 Å². The summed E-state index contributed by atoms with van der Waals surface area (Å²) in [7, 11) is 0. The van der Waals surface area contributed by atoms with Crippen molar-refractivity contribution in [2.75, 3.05) is 6.61 Å². The Bertz CT molecular complexity index is 897. The Morgan fingerprint density at radius 3 is 2.44 bits per heavy atom. The first kappa shape index (κ1) is 17.5. The Morgan fingerprint density at radius 2 is 1.80 bits per heavy atom. The summed E-state index contributed by atoms with van der Waals surface area (Å²) in [6, 6.07) is 14.1. The first-order valence-electron chi connectivity index (χ1n) is 8.25. The molecule has 2 aromatic carbocycles. The van der Waals surface area contributed by atoms with E-state index in [0.717, 1.165) is 32.3 Å². The second kappa shape index (κ2) is 7.31. The van der Waals surface area contributed by atoms with Crippen molar-refractivity contribution < 1.29 is 14.3 Å². The van der Waals surface area contributed by atoms with Crippen molar-refractivity contribution in [2.45, 2.75) is 26.9 Å². The van der Waals surface area contributed by atoms with E-state index in [1.165, 1.54) is 0 Å². The molecule has 0 spiro atoms. The number of esters is 1. The summed E-state index contributed by atoms with van der Waals surface area (Å²) in [5, 5.41) is 0.947. The molecule has 0 aliphatic heterocycles. The van der Waals surface area contributed by atoms with Gasteiger partial charge in [0.05, 0.1) is 17.2 Å². The number of carbonyl (C=O) groups is 1. The van der Waals surface area contributed by atoms with Gasteiger partial charge < -0.3 is 14.5 Å². The molecule has 3 aromatic rings. The monoisotopic (exact) mass is 401 g/mol. The second-order valence-electron chi connectivity index (χ2n) is 5.99. The highest BCUT2D eigenvalue weighted by atomic mass is 79.9. The van der Waals surface area contributed by atoms with Crippen molar-refractivity contribution in [1.29, 1.82) is 0 Å². The van der Waals surface area contributed by atoms with Gasteiger partial charge in [-0.15, -0.1) is 0 Å². The third kappa shape index (κ3) is 3.71. The second-order valence-corrected chi connectivity index (χ2v) is 6.78. The molecule has 0 atom stereocenters. The summed E-state index contributed by atoms with van der Waals surface area (Å²) in [6.07, 6.45) is 0.152. The smallest absolute Gasteiger partial charge is 0.355 e. The van der Waals surface area contributed by atoms with Crippen LogP contribution in [0.15, 0.2) is 46.9 Å². The van der Waals surface area contributed by atoms with Gasteiger partial charge in [0.2, 0.25) is 0 Å². The van der Waals surface area contributed by atoms with Crippen LogP contribution in [0.2, 0.25) is 0 Å². The number of aromatic nitrogens is 1. The maximum Gasteiger partial charge on any atom is 0.355 e. The molecule has 1 N–H and O–H groups in total. The molecule has 0 radical (unpaired) electrons. The van der Waals surface area contributed by atoms with Gasteiger partial charge in [-0.1, -0.05) is 18.2 Å². The fourth-order valence-corrected chi connectivity index (χ4v) is 3.27. The van der Waals surface area contributed by atoms with Crippen LogP contribution in [-0.4, -0.2) is 23.7 Å². The molecule has 1 heterocycles. The van der Waals surface area contributed by atoms with E-state index < -0.39 is 0 Å². The summed E-state index contributed by atoms with van der Waals surface area (Å²) in [6.45, 7) is 6.15. The number of nitrogens with one attached hydrogen (secondary N) is 1. The normalized spacial score (nSPS) is 11.1. The molecule has 0 aliphatic rings. The fourth-order valence-electron chi connectivity index (χ4n) is 2.68. The van der Waals surface area contributed by atoms with Gasteiger partial charge in [0, 0.05) is 10.9 Å². The molecule has 130 valence electrons. The Balaban J connectivity index is 1.95. The first-order valence-corrected chi connectivity index (χ1v) is 9.04. The highest BCUT2D eigenvalue weighted by molar-refractivity contribution is 9.10. The van der Waals surface area contributed by atoms with Gasteiger partial charge in [-0.05, 0) is 72.1 Å². The number of hydrogen-bond acceptors (Lipinski definition) is 3. The molecule has 0 amide bonds. The number of aromatic amines is 1. The van der Waals surface area contributed by atoms with Gasteiger partial charge in [-0.3, -0.25) is 0 Å². The Labute approximate surface area is 155 Å². The van der Waals surface area contributed by atoms with Crippen LogP contribution < -0.4 is 4.74 Å². The lowest BCUT2D eigenvalue weighted by molar-refractivity contribution is 0.0519. The lowest BCUT2D eigenvalue weighted by Gasteiger charge is -2.10. The van der Waals surface area contributed by atoms with Crippen LogP contribution in [0.25, 0.3) is 22.0 Å². The summed E-state index contributed by atoms with van der Waals surface area (Å²) >= 11 is 3.52. The molecular weight excluding hydrogens is 382 g/mol. The van der Waals surface area contributed by atoms with E-state index in [0.29, 0.717) is 12.3 Å². The minimum atomic E-state index is -0.359. The number of ether oxygens (including phenoxy) is 2. The quantitative estimate of drug-likeness (QED) is 0.569. The topological polar surface area (TPSA) is 51.3 Å². The first-order chi connectivity index (χ1) is 12.0. The van der Waals surface area contributed by atoms with Crippen LogP contribution in [-0.2, 0) is 4.74 Å². The van der Waals surface area contributed by atoms with Gasteiger partial charge in [-0.25, -0.2) is 4.79 Å². The minimum Gasteiger partial charge on any atom is -0.491 e. The van der Waals surface area contributed by atoms with Gasteiger partial charge in [0.15, 0.2) is 0 Å². The maximum absolute atomic E-state index is 12.0. The van der Waals surface area contributed by atoms with E-state index in [1.54, 1.807) is 6.92 Å². The molecule has 0 unspecified atom stereocenters. The van der Waals surface area contributed by atoms with Gasteiger partial charge in [0.1, 0.15) is 11.4 Å². The van der Waals surface area contributed by atoms with E-state index in [2.05, 4.69) is 27.0 Å². The lowest BCUT2D eigenvalue weighted by Crippen LogP contribution is -2.05. The molecule has 0 aliphatic carbocycles. The third-order valence-corrected chi connectivity index (χ3v) is 4.60. The van der Waals surface area contributed by atoms with Crippen LogP contribution in [0.5, 0.6) is 5.75 Å². The third-order valence-electron chi connectivity index (χ3n) is 3.77. The molecule has 3 rings (SSSR count). The van der Waals surface area contributed by atoms with Crippen LogP contribution in [0.4, 0.5) is 0 Å². The van der Waals surface area contributed by atoms with Crippen molar-refractivity contribution in [3.63, 3.8) is 0 Å². The van der Waals surface area contributed by atoms with Crippen molar-refractivity contribution in [2.24, 2.45) is 0 Å². The summed E-state index contributed by atoms with van der Waals surface area (Å²) in [4.78, 5) is 15.1. The zero-order valence-corrected chi connectivity index (χ0v) is 16.0. The lowest BCUT2D eigenvalue weighted by atomic mass is 10.0. The van der Waals surface area contributed by atoms with Crippen LogP contribution in [0, 0.1) is 0 Å². The van der Waals surface area contributed by atoms with Crippen molar-refractivity contribution in [1.82, 2.24) is 4.98 Å². The predicted octanol–water partition coefficient (Wildman–Crippen LogP) is 5.56. The minimum absolute atomic E-state index is 0.152. The van der Waals surface area contributed by atoms with Crippen molar-refractivity contribution in [3.05, 3.63) is 52.6 Å². The number of rotatable bonds is 5. The van der Waals surface area contributed by atoms with Gasteiger partial charge in [0.25, 0.3) is 0 Å². The highest BCUT2D eigenvalue weighted by Crippen LogP contribution is 2.32. The zero-order chi connectivity index (χ0) is 18.0. The number of fused-ring (bicyclic) bond motifs is 1. The summed E-state index contributed by atoms with van der Waals surface area (Å²) in [5.74, 6) is 0.495. The Hall–Kier alpha value is -2.27. The SMILES string of the molecule is CCOC(=O)c1[nH]c2ccc(-c3ccc(OC(C)C)cc3)cc2c1Br. The van der Waals surface area contributed by atoms with E-state index in [-0.39, 0.29) is 12.1 Å². The molecule has 1 aromatic heterocycles. The van der Waals surface area contributed by atoms with Crippen LogP contribution in [0.1, 0.15) is 31.3 Å². The van der Waals surface area contributed by atoms with Gasteiger partial charge >= 0.3 is 5.97 Å². The Morgan fingerprint density at radius 1 is 1.12 bits per heavy atom. The summed E-state index contributed by atoms with van der Waals surface area (Å²) < 4.78 is 11.5. The maximum atomic E-state index is 12.0. The van der Waals surface area contributed by atoms with Crippen LogP contribution >= 0.6 is 15.9 Å². The number of hydrogen-bond donors (Lipinski definition) is 1.